The van der Waals surface area contributed by atoms with Crippen molar-refractivity contribution in [1.82, 2.24) is 15.0 Å². The van der Waals surface area contributed by atoms with Crippen LogP contribution in [-0.4, -0.2) is 20.1 Å². The molecule has 13 heavy (non-hydrogen) atoms. The van der Waals surface area contributed by atoms with Gasteiger partial charge < -0.3 is 5.11 Å². The van der Waals surface area contributed by atoms with Gasteiger partial charge in [0.25, 0.3) is 0 Å². The van der Waals surface area contributed by atoms with E-state index in [2.05, 4.69) is 10.3 Å². The molecule has 70 valence electrons. The van der Waals surface area contributed by atoms with Gasteiger partial charge in [-0.2, -0.15) is 5.26 Å². The fourth-order valence-electron chi connectivity index (χ4n) is 1.20. The lowest BCUT2D eigenvalue weighted by Crippen LogP contribution is -2.04. The number of aliphatic hydroxyl groups is 1. The molecule has 0 saturated carbocycles. The molecule has 0 unspecified atom stereocenters. The van der Waals surface area contributed by atoms with Crippen LogP contribution >= 0.6 is 0 Å². The van der Waals surface area contributed by atoms with Crippen molar-refractivity contribution in [2.75, 3.05) is 0 Å². The third-order valence-corrected chi connectivity index (χ3v) is 1.78. The third kappa shape index (κ3) is 2.04. The summed E-state index contributed by atoms with van der Waals surface area (Å²) < 4.78 is 1.54. The monoisotopic (exact) mass is 180 g/mol. The predicted octanol–water partition coefficient (Wildman–Crippen LogP) is 0.246. The zero-order valence-electron chi connectivity index (χ0n) is 7.56. The summed E-state index contributed by atoms with van der Waals surface area (Å²) >= 11 is 0. The van der Waals surface area contributed by atoms with Crippen LogP contribution in [0.2, 0.25) is 0 Å². The van der Waals surface area contributed by atoms with Crippen molar-refractivity contribution in [2.24, 2.45) is 0 Å². The lowest BCUT2D eigenvalue weighted by atomic mass is 10.2. The molecular formula is C8H12N4O. The summed E-state index contributed by atoms with van der Waals surface area (Å²) in [6.07, 6.45) is 1.75. The summed E-state index contributed by atoms with van der Waals surface area (Å²) in [7, 11) is 0. The molecule has 0 aliphatic heterocycles. The molecule has 0 saturated heterocycles. The maximum absolute atomic E-state index is 8.93. The number of hydrogen-bond donors (Lipinski definition) is 1. The van der Waals surface area contributed by atoms with Gasteiger partial charge in [0.05, 0.1) is 18.4 Å². The smallest absolute Gasteiger partial charge is 0.130 e. The van der Waals surface area contributed by atoms with Crippen molar-refractivity contribution in [1.29, 1.82) is 5.26 Å². The maximum Gasteiger partial charge on any atom is 0.130 e. The van der Waals surface area contributed by atoms with Crippen LogP contribution in [0, 0.1) is 11.3 Å². The van der Waals surface area contributed by atoms with Crippen molar-refractivity contribution in [2.45, 2.75) is 32.9 Å². The Morgan fingerprint density at radius 1 is 1.62 bits per heavy atom. The minimum atomic E-state index is -0.110. The zero-order valence-corrected chi connectivity index (χ0v) is 7.56. The molecule has 0 fully saturated rings. The van der Waals surface area contributed by atoms with Gasteiger partial charge in [-0.05, 0) is 6.42 Å². The van der Waals surface area contributed by atoms with Gasteiger partial charge in [0.2, 0.25) is 0 Å². The summed E-state index contributed by atoms with van der Waals surface area (Å²) in [5, 5.41) is 25.0. The third-order valence-electron chi connectivity index (χ3n) is 1.78. The van der Waals surface area contributed by atoms with E-state index in [-0.39, 0.29) is 13.2 Å². The molecule has 0 aliphatic rings. The highest BCUT2D eigenvalue weighted by atomic mass is 16.3. The number of aromatic nitrogens is 3. The summed E-state index contributed by atoms with van der Waals surface area (Å²) in [4.78, 5) is 0. The van der Waals surface area contributed by atoms with E-state index < -0.39 is 0 Å². The molecule has 0 bridgehead atoms. The van der Waals surface area contributed by atoms with E-state index in [1.54, 1.807) is 0 Å². The van der Waals surface area contributed by atoms with Crippen LogP contribution < -0.4 is 0 Å². The standard InChI is InChI=1S/C8H12N4O/c1-2-3-8-7(6-13)10-11-12(8)5-4-9/h13H,2-3,5-6H2,1H3. The molecule has 5 nitrogen and oxygen atoms in total. The second kappa shape index (κ2) is 4.58. The van der Waals surface area contributed by atoms with E-state index >= 15 is 0 Å². The number of hydrogen-bond acceptors (Lipinski definition) is 4. The Morgan fingerprint density at radius 3 is 2.92 bits per heavy atom. The first-order chi connectivity index (χ1) is 6.33. The molecule has 5 heteroatoms. The SMILES string of the molecule is CCCc1c(CO)nnn1CC#N. The Bertz CT molecular complexity index is 312. The number of nitriles is 1. The molecule has 1 heterocycles. The molecule has 0 aromatic carbocycles. The van der Waals surface area contributed by atoms with E-state index in [0.29, 0.717) is 5.69 Å². The van der Waals surface area contributed by atoms with Crippen LogP contribution in [0.5, 0.6) is 0 Å². The first-order valence-electron chi connectivity index (χ1n) is 4.22. The molecule has 1 aromatic rings. The lowest BCUT2D eigenvalue weighted by Gasteiger charge is -2.00. The van der Waals surface area contributed by atoms with E-state index in [4.69, 9.17) is 10.4 Å². The Kier molecular flexibility index (Phi) is 3.41. The van der Waals surface area contributed by atoms with E-state index in [1.807, 2.05) is 13.0 Å². The van der Waals surface area contributed by atoms with E-state index in [9.17, 15) is 0 Å². The van der Waals surface area contributed by atoms with Gasteiger partial charge in [0.1, 0.15) is 12.2 Å². The van der Waals surface area contributed by atoms with Gasteiger partial charge in [-0.1, -0.05) is 18.6 Å². The van der Waals surface area contributed by atoms with Crippen molar-refractivity contribution in [3.8, 4) is 6.07 Å². The van der Waals surface area contributed by atoms with Crippen LogP contribution in [0.4, 0.5) is 0 Å². The van der Waals surface area contributed by atoms with Crippen LogP contribution in [0.1, 0.15) is 24.7 Å². The van der Waals surface area contributed by atoms with Gasteiger partial charge in [-0.15, -0.1) is 5.10 Å². The van der Waals surface area contributed by atoms with Gasteiger partial charge >= 0.3 is 0 Å². The van der Waals surface area contributed by atoms with E-state index in [1.165, 1.54) is 4.68 Å². The fourth-order valence-corrected chi connectivity index (χ4v) is 1.20. The summed E-state index contributed by atoms with van der Waals surface area (Å²) in [5.74, 6) is 0. The van der Waals surface area contributed by atoms with E-state index in [0.717, 1.165) is 18.5 Å². The zero-order chi connectivity index (χ0) is 9.68. The van der Waals surface area contributed by atoms with Gasteiger partial charge in [0, 0.05) is 0 Å². The summed E-state index contributed by atoms with van der Waals surface area (Å²) in [6.45, 7) is 2.12. The minimum Gasteiger partial charge on any atom is -0.390 e. The average Bonchev–Trinajstić information content (AvgIpc) is 2.50. The highest BCUT2D eigenvalue weighted by molar-refractivity contribution is 5.09. The van der Waals surface area contributed by atoms with Crippen LogP contribution in [-0.2, 0) is 19.6 Å². The van der Waals surface area contributed by atoms with Crippen molar-refractivity contribution >= 4 is 0 Å². The second-order valence-corrected chi connectivity index (χ2v) is 2.71. The van der Waals surface area contributed by atoms with Gasteiger partial charge in [-0.3, -0.25) is 0 Å². The molecule has 0 amide bonds. The Morgan fingerprint density at radius 2 is 2.38 bits per heavy atom. The first kappa shape index (κ1) is 9.68. The van der Waals surface area contributed by atoms with Crippen LogP contribution in [0.25, 0.3) is 0 Å². The predicted molar refractivity (Wildman–Crippen MR) is 45.6 cm³/mol. The second-order valence-electron chi connectivity index (χ2n) is 2.71. The highest BCUT2D eigenvalue weighted by Gasteiger charge is 2.09. The molecule has 1 rings (SSSR count). The number of rotatable bonds is 4. The molecule has 0 atom stereocenters. The summed E-state index contributed by atoms with van der Waals surface area (Å²) in [5.41, 5.74) is 1.45. The van der Waals surface area contributed by atoms with Crippen LogP contribution in [0.3, 0.4) is 0 Å². The quantitative estimate of drug-likeness (QED) is 0.720. The molecule has 0 radical (unpaired) electrons. The van der Waals surface area contributed by atoms with Gasteiger partial charge in [-0.25, -0.2) is 4.68 Å². The minimum absolute atomic E-state index is 0.110. The Balaban J connectivity index is 2.93. The molecule has 1 N–H and O–H groups in total. The number of nitrogens with zero attached hydrogens (tertiary/aromatic N) is 4. The topological polar surface area (TPSA) is 74.7 Å². The Labute approximate surface area is 76.6 Å². The average molecular weight is 180 g/mol. The molecular weight excluding hydrogens is 168 g/mol. The van der Waals surface area contributed by atoms with Crippen molar-refractivity contribution in [3.05, 3.63) is 11.4 Å². The largest absolute Gasteiger partial charge is 0.390 e. The summed E-state index contributed by atoms with van der Waals surface area (Å²) in [6, 6.07) is 2.00. The molecule has 0 aliphatic carbocycles. The highest BCUT2D eigenvalue weighted by Crippen LogP contribution is 2.07. The number of aliphatic hydroxyl groups excluding tert-OH is 1. The molecule has 1 aromatic heterocycles. The maximum atomic E-state index is 8.93. The Hall–Kier alpha value is -1.41. The van der Waals surface area contributed by atoms with Crippen molar-refractivity contribution in [3.63, 3.8) is 0 Å². The molecule has 0 spiro atoms. The fraction of sp³-hybridized carbons (Fsp3) is 0.625. The first-order valence-corrected chi connectivity index (χ1v) is 4.22. The lowest BCUT2D eigenvalue weighted by molar-refractivity contribution is 0.275. The van der Waals surface area contributed by atoms with Gasteiger partial charge in [0.15, 0.2) is 0 Å². The van der Waals surface area contributed by atoms with Crippen molar-refractivity contribution < 1.29 is 5.11 Å². The van der Waals surface area contributed by atoms with Crippen LogP contribution in [0.15, 0.2) is 0 Å². The normalized spacial score (nSPS) is 9.92.